The molecule has 9 heteroatoms. The Balaban J connectivity index is 1.43. The van der Waals surface area contributed by atoms with Gasteiger partial charge < -0.3 is 15.7 Å². The number of aliphatic hydroxyl groups is 1. The number of halogens is 1. The summed E-state index contributed by atoms with van der Waals surface area (Å²) in [6, 6.07) is 9.34. The van der Waals surface area contributed by atoms with Gasteiger partial charge in [-0.25, -0.2) is 4.39 Å². The molecule has 1 saturated carbocycles. The van der Waals surface area contributed by atoms with Gasteiger partial charge in [0.1, 0.15) is 11.6 Å². The fraction of sp³-hybridized carbons (Fsp3) is 0.381. The van der Waals surface area contributed by atoms with Gasteiger partial charge in [-0.15, -0.1) is 5.10 Å². The molecule has 4 aromatic rings. The first-order valence-electron chi connectivity index (χ1n) is 10.2. The number of hydrogen-bond acceptors (Lipinski definition) is 6. The molecule has 3 N–H and O–H groups in total. The molecule has 1 aliphatic rings. The number of aliphatic hydroxyl groups excluding tert-OH is 1. The van der Waals surface area contributed by atoms with Gasteiger partial charge in [-0.2, -0.15) is 14.6 Å². The number of aryl methyl sites for hydroxylation is 2. The first-order chi connectivity index (χ1) is 14.5. The Labute approximate surface area is 172 Å². The molecule has 156 valence electrons. The number of fused-ring (bicyclic) bond motifs is 2. The van der Waals surface area contributed by atoms with Gasteiger partial charge in [-0.1, -0.05) is 6.07 Å². The van der Waals surface area contributed by atoms with Crippen LogP contribution in [0, 0.1) is 12.7 Å². The van der Waals surface area contributed by atoms with E-state index in [0.717, 1.165) is 31.5 Å². The van der Waals surface area contributed by atoms with Crippen molar-refractivity contribution in [2.75, 3.05) is 10.6 Å². The smallest absolute Gasteiger partial charge is 0.247 e. The van der Waals surface area contributed by atoms with Crippen molar-refractivity contribution in [1.82, 2.24) is 24.4 Å². The van der Waals surface area contributed by atoms with Crippen LogP contribution in [0.2, 0.25) is 0 Å². The molecule has 0 unspecified atom stereocenters. The lowest BCUT2D eigenvalue weighted by Crippen LogP contribution is -2.29. The molecule has 1 fully saturated rings. The second kappa shape index (κ2) is 7.24. The van der Waals surface area contributed by atoms with Gasteiger partial charge in [0.05, 0.1) is 22.7 Å². The summed E-state index contributed by atoms with van der Waals surface area (Å²) in [5.41, 5.74) is 2.62. The topological polar surface area (TPSA) is 92.3 Å². The number of nitrogens with one attached hydrogen (secondary N) is 2. The third kappa shape index (κ3) is 3.35. The second-order valence-corrected chi connectivity index (χ2v) is 7.95. The van der Waals surface area contributed by atoms with Crippen LogP contribution in [0.3, 0.4) is 0 Å². The maximum Gasteiger partial charge on any atom is 0.247 e. The van der Waals surface area contributed by atoms with E-state index >= 15 is 0 Å². The summed E-state index contributed by atoms with van der Waals surface area (Å²) in [5, 5.41) is 25.7. The van der Waals surface area contributed by atoms with Crippen molar-refractivity contribution in [3.63, 3.8) is 0 Å². The molecule has 1 aliphatic carbocycles. The SMILES string of the molecule is Cc1nn(C)c2cc(Nc3nc4cccc(NC5CCC(O)CC5)n4n3)cc(F)c12. The first-order valence-corrected chi connectivity index (χ1v) is 10.2. The number of pyridine rings is 1. The Kier molecular flexibility index (Phi) is 4.54. The molecule has 8 nitrogen and oxygen atoms in total. The molecule has 0 radical (unpaired) electrons. The van der Waals surface area contributed by atoms with Gasteiger partial charge in [0.15, 0.2) is 5.65 Å². The Hall–Kier alpha value is -3.20. The van der Waals surface area contributed by atoms with Gasteiger partial charge in [-0.05, 0) is 56.9 Å². The molecule has 0 aliphatic heterocycles. The van der Waals surface area contributed by atoms with Crippen LogP contribution in [0.5, 0.6) is 0 Å². The van der Waals surface area contributed by atoms with Crippen LogP contribution in [-0.4, -0.2) is 41.6 Å². The summed E-state index contributed by atoms with van der Waals surface area (Å²) in [6.07, 6.45) is 3.25. The molecule has 3 heterocycles. The van der Waals surface area contributed by atoms with Crippen LogP contribution < -0.4 is 10.6 Å². The van der Waals surface area contributed by atoms with Crippen molar-refractivity contribution in [3.8, 4) is 0 Å². The number of nitrogens with zero attached hydrogens (tertiary/aromatic N) is 5. The van der Waals surface area contributed by atoms with Crippen LogP contribution in [-0.2, 0) is 7.05 Å². The number of anilines is 3. The Morgan fingerprint density at radius 1 is 1.13 bits per heavy atom. The van der Waals surface area contributed by atoms with Crippen LogP contribution in [0.4, 0.5) is 21.8 Å². The minimum Gasteiger partial charge on any atom is -0.393 e. The third-order valence-corrected chi connectivity index (χ3v) is 5.74. The van der Waals surface area contributed by atoms with Crippen molar-refractivity contribution in [1.29, 1.82) is 0 Å². The number of rotatable bonds is 4. The van der Waals surface area contributed by atoms with E-state index in [9.17, 15) is 9.50 Å². The number of benzene rings is 1. The predicted octanol–water partition coefficient (Wildman–Crippen LogP) is 3.52. The van der Waals surface area contributed by atoms with Gasteiger partial charge in [0.2, 0.25) is 5.95 Å². The van der Waals surface area contributed by atoms with E-state index in [1.54, 1.807) is 23.2 Å². The third-order valence-electron chi connectivity index (χ3n) is 5.74. The zero-order chi connectivity index (χ0) is 20.8. The fourth-order valence-corrected chi connectivity index (χ4v) is 4.23. The molecule has 0 spiro atoms. The zero-order valence-corrected chi connectivity index (χ0v) is 16.9. The highest BCUT2D eigenvalue weighted by Crippen LogP contribution is 2.27. The highest BCUT2D eigenvalue weighted by molar-refractivity contribution is 5.86. The number of aromatic nitrogens is 5. The zero-order valence-electron chi connectivity index (χ0n) is 16.9. The van der Waals surface area contributed by atoms with Gasteiger partial charge in [0, 0.05) is 18.8 Å². The quantitative estimate of drug-likeness (QED) is 0.478. The Morgan fingerprint density at radius 2 is 1.93 bits per heavy atom. The van der Waals surface area contributed by atoms with E-state index in [0.29, 0.717) is 39.9 Å². The maximum absolute atomic E-state index is 14.6. The standard InChI is InChI=1S/C21H24FN7O/c1-12-20-16(22)10-14(11-17(20)28(2)26-12)24-21-25-19-5-3-4-18(29(19)27-21)23-13-6-8-15(30)9-7-13/h3-5,10-11,13,15,23,30H,6-9H2,1-2H3,(H,24,27). The van der Waals surface area contributed by atoms with Crippen LogP contribution in [0.25, 0.3) is 16.6 Å². The van der Waals surface area contributed by atoms with Gasteiger partial charge in [0.25, 0.3) is 0 Å². The predicted molar refractivity (Wildman–Crippen MR) is 114 cm³/mol. The van der Waals surface area contributed by atoms with Crippen molar-refractivity contribution in [2.24, 2.45) is 7.05 Å². The minimum atomic E-state index is -0.328. The monoisotopic (exact) mass is 409 g/mol. The average Bonchev–Trinajstić information content (AvgIpc) is 3.24. The van der Waals surface area contributed by atoms with E-state index in [4.69, 9.17) is 0 Å². The highest BCUT2D eigenvalue weighted by Gasteiger charge is 2.20. The molecule has 5 rings (SSSR count). The summed E-state index contributed by atoms with van der Waals surface area (Å²) >= 11 is 0. The normalized spacial score (nSPS) is 19.5. The largest absolute Gasteiger partial charge is 0.393 e. The molecule has 1 aromatic carbocycles. The number of hydrogen-bond donors (Lipinski definition) is 3. The first kappa shape index (κ1) is 18.8. The van der Waals surface area contributed by atoms with Crippen LogP contribution in [0.15, 0.2) is 30.3 Å². The molecule has 0 atom stereocenters. The molecular weight excluding hydrogens is 385 g/mol. The van der Waals surface area contributed by atoms with Gasteiger partial charge in [-0.3, -0.25) is 4.68 Å². The van der Waals surface area contributed by atoms with E-state index in [2.05, 4.69) is 25.8 Å². The lowest BCUT2D eigenvalue weighted by Gasteiger charge is -2.26. The van der Waals surface area contributed by atoms with Crippen molar-refractivity contribution in [3.05, 3.63) is 41.8 Å². The lowest BCUT2D eigenvalue weighted by molar-refractivity contribution is 0.126. The fourth-order valence-electron chi connectivity index (χ4n) is 4.23. The average molecular weight is 409 g/mol. The van der Waals surface area contributed by atoms with E-state index in [1.165, 1.54) is 6.07 Å². The second-order valence-electron chi connectivity index (χ2n) is 7.95. The van der Waals surface area contributed by atoms with Crippen LogP contribution in [0.1, 0.15) is 31.4 Å². The summed E-state index contributed by atoms with van der Waals surface area (Å²) in [6.45, 7) is 1.80. The summed E-state index contributed by atoms with van der Waals surface area (Å²) in [5.74, 6) is 0.908. The molecule has 3 aromatic heterocycles. The molecular formula is C21H24FN7O. The van der Waals surface area contributed by atoms with Crippen molar-refractivity contribution >= 4 is 34.0 Å². The Bertz CT molecular complexity index is 1220. The maximum atomic E-state index is 14.6. The lowest BCUT2D eigenvalue weighted by atomic mass is 9.93. The minimum absolute atomic E-state index is 0.193. The van der Waals surface area contributed by atoms with E-state index < -0.39 is 0 Å². The highest BCUT2D eigenvalue weighted by atomic mass is 19.1. The van der Waals surface area contributed by atoms with Crippen molar-refractivity contribution < 1.29 is 9.50 Å². The summed E-state index contributed by atoms with van der Waals surface area (Å²) < 4.78 is 18.0. The summed E-state index contributed by atoms with van der Waals surface area (Å²) in [7, 11) is 1.80. The van der Waals surface area contributed by atoms with Crippen LogP contribution >= 0.6 is 0 Å². The molecule has 0 saturated heterocycles. The van der Waals surface area contributed by atoms with Gasteiger partial charge >= 0.3 is 0 Å². The van der Waals surface area contributed by atoms with E-state index in [1.807, 2.05) is 24.3 Å². The van der Waals surface area contributed by atoms with Crippen molar-refractivity contribution in [2.45, 2.75) is 44.8 Å². The molecule has 30 heavy (non-hydrogen) atoms. The summed E-state index contributed by atoms with van der Waals surface area (Å²) in [4.78, 5) is 4.53. The molecule has 0 amide bonds. The van der Waals surface area contributed by atoms with E-state index in [-0.39, 0.29) is 11.9 Å². The Morgan fingerprint density at radius 3 is 2.73 bits per heavy atom. The molecule has 0 bridgehead atoms.